The van der Waals surface area contributed by atoms with Crippen LogP contribution in [0.15, 0.2) is 35.3 Å². The van der Waals surface area contributed by atoms with Crippen LogP contribution in [0.3, 0.4) is 0 Å². The number of rotatable bonds is 7. The molecule has 1 aromatic rings. The molecule has 2 rings (SSSR count). The van der Waals surface area contributed by atoms with Crippen LogP contribution in [0.4, 0.5) is 0 Å². The lowest BCUT2D eigenvalue weighted by Gasteiger charge is -2.40. The molecule has 1 aromatic carbocycles. The maximum absolute atomic E-state index is 11.3. The number of halogens is 1. The van der Waals surface area contributed by atoms with E-state index in [1.54, 1.807) is 0 Å². The van der Waals surface area contributed by atoms with Gasteiger partial charge in [0, 0.05) is 45.0 Å². The molecule has 0 spiro atoms. The predicted molar refractivity (Wildman–Crippen MR) is 124 cm³/mol. The number of nitrogens with one attached hydrogen (secondary N) is 1. The lowest BCUT2D eigenvalue weighted by Crippen LogP contribution is -2.53. The molecular formula is C19H33IN4O2S. The molecule has 1 fully saturated rings. The van der Waals surface area contributed by atoms with Crippen LogP contribution in [-0.4, -0.2) is 75.5 Å². The van der Waals surface area contributed by atoms with E-state index in [9.17, 15) is 8.42 Å². The highest BCUT2D eigenvalue weighted by Gasteiger charge is 2.25. The highest BCUT2D eigenvalue weighted by molar-refractivity contribution is 14.0. The average Bonchev–Trinajstić information content (AvgIpc) is 2.62. The first-order chi connectivity index (χ1) is 12.4. The second-order valence-electron chi connectivity index (χ2n) is 6.72. The molecule has 0 saturated carbocycles. The quantitative estimate of drug-likeness (QED) is 0.348. The number of benzene rings is 1. The van der Waals surface area contributed by atoms with Crippen molar-refractivity contribution in [2.24, 2.45) is 4.99 Å². The molecule has 1 atom stereocenters. The minimum absolute atomic E-state index is 0. The Hall–Kier alpha value is -0.870. The number of sulfone groups is 1. The fourth-order valence-corrected chi connectivity index (χ4v) is 3.79. The fourth-order valence-electron chi connectivity index (χ4n) is 3.37. The molecule has 1 saturated heterocycles. The molecule has 1 N–H and O–H groups in total. The maximum atomic E-state index is 11.3. The van der Waals surface area contributed by atoms with Crippen LogP contribution >= 0.6 is 24.0 Å². The molecule has 0 bridgehead atoms. The third-order valence-corrected chi connectivity index (χ3v) is 5.61. The average molecular weight is 508 g/mol. The van der Waals surface area contributed by atoms with Crippen LogP contribution in [0.2, 0.25) is 0 Å². The molecule has 6 nitrogen and oxygen atoms in total. The van der Waals surface area contributed by atoms with Crippen LogP contribution < -0.4 is 5.32 Å². The molecule has 0 amide bonds. The number of nitrogens with zero attached hydrogens (tertiary/aromatic N) is 3. The van der Waals surface area contributed by atoms with Gasteiger partial charge in [0.2, 0.25) is 0 Å². The first-order valence-corrected chi connectivity index (χ1v) is 11.5. The summed E-state index contributed by atoms with van der Waals surface area (Å²) in [6, 6.07) is 11.1. The number of piperazine rings is 1. The van der Waals surface area contributed by atoms with E-state index in [1.165, 1.54) is 11.8 Å². The first kappa shape index (κ1) is 24.2. The predicted octanol–water partition coefficient (Wildman–Crippen LogP) is 2.38. The van der Waals surface area contributed by atoms with Crippen LogP contribution in [-0.2, 0) is 9.84 Å². The van der Waals surface area contributed by atoms with Crippen molar-refractivity contribution in [1.82, 2.24) is 15.1 Å². The zero-order chi connectivity index (χ0) is 19.0. The maximum Gasteiger partial charge on any atom is 0.194 e. The zero-order valence-electron chi connectivity index (χ0n) is 16.6. The molecule has 1 aliphatic rings. The van der Waals surface area contributed by atoms with Crippen molar-refractivity contribution in [3.8, 4) is 0 Å². The van der Waals surface area contributed by atoms with Gasteiger partial charge in [0.25, 0.3) is 0 Å². The van der Waals surface area contributed by atoms with Crippen molar-refractivity contribution in [2.45, 2.75) is 26.3 Å². The summed E-state index contributed by atoms with van der Waals surface area (Å²) in [5, 5.41) is 3.29. The molecule has 154 valence electrons. The highest BCUT2D eigenvalue weighted by atomic mass is 127. The number of hydrogen-bond donors (Lipinski definition) is 1. The second kappa shape index (κ2) is 11.9. The summed E-state index contributed by atoms with van der Waals surface area (Å²) in [7, 11) is -2.98. The third kappa shape index (κ3) is 7.95. The topological polar surface area (TPSA) is 65.0 Å². The third-order valence-electron chi connectivity index (χ3n) is 4.68. The molecule has 8 heteroatoms. The SMILES string of the molecule is CCNC(=NCCS(C)(=O)=O)N1CCN(C(CC)c2ccccc2)CC1.I. The molecule has 1 aliphatic heterocycles. The molecule has 1 unspecified atom stereocenters. The van der Waals surface area contributed by atoms with Gasteiger partial charge in [0.1, 0.15) is 9.84 Å². The minimum Gasteiger partial charge on any atom is -0.357 e. The van der Waals surface area contributed by atoms with E-state index < -0.39 is 9.84 Å². The van der Waals surface area contributed by atoms with E-state index >= 15 is 0 Å². The van der Waals surface area contributed by atoms with Crippen LogP contribution in [0, 0.1) is 0 Å². The molecule has 0 aromatic heterocycles. The molecule has 0 aliphatic carbocycles. The smallest absolute Gasteiger partial charge is 0.194 e. The highest BCUT2D eigenvalue weighted by Crippen LogP contribution is 2.25. The number of aliphatic imine (C=N–C) groups is 1. The van der Waals surface area contributed by atoms with Gasteiger partial charge in [-0.05, 0) is 18.9 Å². The van der Waals surface area contributed by atoms with Crippen molar-refractivity contribution in [1.29, 1.82) is 0 Å². The Balaban J connectivity index is 0.00000364. The van der Waals surface area contributed by atoms with Gasteiger partial charge >= 0.3 is 0 Å². The zero-order valence-corrected chi connectivity index (χ0v) is 19.7. The molecule has 1 heterocycles. The Morgan fingerprint density at radius 1 is 1.15 bits per heavy atom. The lowest BCUT2D eigenvalue weighted by molar-refractivity contribution is 0.127. The van der Waals surface area contributed by atoms with Crippen molar-refractivity contribution >= 4 is 39.8 Å². The summed E-state index contributed by atoms with van der Waals surface area (Å²) in [6.45, 7) is 9.10. The van der Waals surface area contributed by atoms with Crippen LogP contribution in [0.1, 0.15) is 31.9 Å². The molecule has 27 heavy (non-hydrogen) atoms. The minimum atomic E-state index is -2.98. The van der Waals surface area contributed by atoms with Crippen molar-refractivity contribution in [3.05, 3.63) is 35.9 Å². The largest absolute Gasteiger partial charge is 0.357 e. The normalized spacial score (nSPS) is 17.3. The van der Waals surface area contributed by atoms with Gasteiger partial charge < -0.3 is 10.2 Å². The van der Waals surface area contributed by atoms with Crippen LogP contribution in [0.25, 0.3) is 0 Å². The monoisotopic (exact) mass is 508 g/mol. The van der Waals surface area contributed by atoms with Gasteiger partial charge in [-0.25, -0.2) is 8.42 Å². The molecule has 0 radical (unpaired) electrons. The van der Waals surface area contributed by atoms with E-state index in [0.29, 0.717) is 12.6 Å². The van der Waals surface area contributed by atoms with Crippen molar-refractivity contribution in [3.63, 3.8) is 0 Å². The summed E-state index contributed by atoms with van der Waals surface area (Å²) < 4.78 is 22.6. The van der Waals surface area contributed by atoms with Gasteiger partial charge in [-0.3, -0.25) is 9.89 Å². The number of guanidine groups is 1. The summed E-state index contributed by atoms with van der Waals surface area (Å²) in [5.74, 6) is 0.914. The Kier molecular flexibility index (Phi) is 10.6. The Labute approximate surface area is 181 Å². The Bertz CT molecular complexity index is 674. The van der Waals surface area contributed by atoms with Gasteiger partial charge in [-0.15, -0.1) is 24.0 Å². The summed E-state index contributed by atoms with van der Waals surface area (Å²) >= 11 is 0. The Morgan fingerprint density at radius 2 is 1.78 bits per heavy atom. The summed E-state index contributed by atoms with van der Waals surface area (Å²) in [6.07, 6.45) is 2.34. The van der Waals surface area contributed by atoms with E-state index in [-0.39, 0.29) is 29.7 Å². The van der Waals surface area contributed by atoms with Crippen molar-refractivity contribution < 1.29 is 8.42 Å². The number of hydrogen-bond acceptors (Lipinski definition) is 4. The second-order valence-corrected chi connectivity index (χ2v) is 8.98. The summed E-state index contributed by atoms with van der Waals surface area (Å²) in [5.41, 5.74) is 1.37. The standard InChI is InChI=1S/C19H32N4O2S.HI/c1-4-18(17-9-7-6-8-10-17)22-12-14-23(15-13-22)19(20-5-2)21-11-16-26(3,24)25;/h6-10,18H,4-5,11-16H2,1-3H3,(H,20,21);1H. The van der Waals surface area contributed by atoms with E-state index in [0.717, 1.165) is 45.1 Å². The first-order valence-electron chi connectivity index (χ1n) is 9.44. The van der Waals surface area contributed by atoms with E-state index in [4.69, 9.17) is 0 Å². The van der Waals surface area contributed by atoms with Crippen LogP contribution in [0.5, 0.6) is 0 Å². The van der Waals surface area contributed by atoms with Gasteiger partial charge in [0.05, 0.1) is 12.3 Å². The Morgan fingerprint density at radius 3 is 2.30 bits per heavy atom. The lowest BCUT2D eigenvalue weighted by atomic mass is 10.0. The van der Waals surface area contributed by atoms with Crippen molar-refractivity contribution in [2.75, 3.05) is 51.3 Å². The summed E-state index contributed by atoms with van der Waals surface area (Å²) in [4.78, 5) is 9.27. The van der Waals surface area contributed by atoms with E-state index in [1.807, 2.05) is 6.92 Å². The van der Waals surface area contributed by atoms with Gasteiger partial charge in [-0.1, -0.05) is 37.3 Å². The fraction of sp³-hybridized carbons (Fsp3) is 0.632. The molecular weight excluding hydrogens is 475 g/mol. The van der Waals surface area contributed by atoms with E-state index in [2.05, 4.69) is 57.4 Å². The van der Waals surface area contributed by atoms with Gasteiger partial charge in [0.15, 0.2) is 5.96 Å². The van der Waals surface area contributed by atoms with Gasteiger partial charge in [-0.2, -0.15) is 0 Å².